The lowest BCUT2D eigenvalue weighted by molar-refractivity contribution is -0.167. The van der Waals surface area contributed by atoms with Gasteiger partial charge in [0.25, 0.3) is 0 Å². The summed E-state index contributed by atoms with van der Waals surface area (Å²) in [6.07, 6.45) is -2.21. The summed E-state index contributed by atoms with van der Waals surface area (Å²) in [5.74, 6) is -2.00. The summed E-state index contributed by atoms with van der Waals surface area (Å²) in [5, 5.41) is 10.2. The summed E-state index contributed by atoms with van der Waals surface area (Å²) < 4.78 is 48.5. The summed E-state index contributed by atoms with van der Waals surface area (Å²) in [7, 11) is 0. The molecule has 0 unspecified atom stereocenters. The molecule has 2 aromatic carbocycles. The Morgan fingerprint density at radius 3 is 1.61 bits per heavy atom. The van der Waals surface area contributed by atoms with Gasteiger partial charge in [-0.3, -0.25) is 9.59 Å². The summed E-state index contributed by atoms with van der Waals surface area (Å²) in [5.41, 5.74) is -0.615. The van der Waals surface area contributed by atoms with Gasteiger partial charge in [-0.15, -0.1) is 0 Å². The van der Waals surface area contributed by atoms with E-state index >= 15 is 0 Å². The summed E-state index contributed by atoms with van der Waals surface area (Å²) >= 11 is 11.5. The molecule has 0 saturated heterocycles. The van der Waals surface area contributed by atoms with Gasteiger partial charge < -0.3 is 24.1 Å². The van der Waals surface area contributed by atoms with Gasteiger partial charge in [0.1, 0.15) is 47.0 Å². The van der Waals surface area contributed by atoms with Crippen molar-refractivity contribution in [2.24, 2.45) is 17.8 Å². The maximum Gasteiger partial charge on any atom is 0.309 e. The first-order valence-corrected chi connectivity index (χ1v) is 15.3. The molecule has 0 fully saturated rings. The molecule has 2 aromatic rings. The van der Waals surface area contributed by atoms with Crippen LogP contribution in [0, 0.1) is 29.4 Å². The Hall–Kier alpha value is -2.62. The maximum atomic E-state index is 13.5. The standard InChI is InChI=1S/C21H30ClFO5.C12H16ClFO2/c1-12(2)19(14(4)26-17-10-15(22)9-16(23)11-17)27-20(25)13(3)8-18(24)28-21(5,6)7;1-7(2)12(15)8(3)16-11-5-9(13)4-10(14)6-11/h9-14,19H,8H2,1-7H3;4-8,12,15H,1-3H3/t13-,14+,19-;8-,12+/m10/s1. The molecule has 0 aliphatic heterocycles. The quantitative estimate of drug-likeness (QED) is 0.228. The van der Waals surface area contributed by atoms with Crippen LogP contribution in [-0.4, -0.2) is 47.1 Å². The Labute approximate surface area is 270 Å². The number of halogens is 4. The Morgan fingerprint density at radius 2 is 1.23 bits per heavy atom. The van der Waals surface area contributed by atoms with E-state index in [4.69, 9.17) is 42.1 Å². The van der Waals surface area contributed by atoms with E-state index in [2.05, 4.69) is 0 Å². The Kier molecular flexibility index (Phi) is 15.9. The molecule has 0 heterocycles. The van der Waals surface area contributed by atoms with E-state index in [0.717, 1.165) is 0 Å². The third-order valence-corrected chi connectivity index (χ3v) is 6.58. The minimum absolute atomic E-state index is 0.0586. The average molecular weight is 664 g/mol. The smallest absolute Gasteiger partial charge is 0.309 e. The number of rotatable bonds is 12. The lowest BCUT2D eigenvalue weighted by Crippen LogP contribution is -2.39. The van der Waals surface area contributed by atoms with Crippen LogP contribution in [0.4, 0.5) is 8.78 Å². The number of esters is 2. The number of ether oxygens (including phenoxy) is 4. The van der Waals surface area contributed by atoms with Crippen molar-refractivity contribution in [3.63, 3.8) is 0 Å². The van der Waals surface area contributed by atoms with E-state index in [1.54, 1.807) is 41.5 Å². The van der Waals surface area contributed by atoms with Crippen molar-refractivity contribution in [3.05, 3.63) is 58.1 Å². The minimum atomic E-state index is -0.660. The van der Waals surface area contributed by atoms with Crippen LogP contribution < -0.4 is 9.47 Å². The molecule has 11 heteroatoms. The first kappa shape index (κ1) is 39.4. The van der Waals surface area contributed by atoms with E-state index in [1.165, 1.54) is 36.4 Å². The number of hydrogen-bond donors (Lipinski definition) is 1. The van der Waals surface area contributed by atoms with Crippen molar-refractivity contribution in [1.29, 1.82) is 0 Å². The number of aliphatic hydroxyl groups is 1. The number of aliphatic hydroxyl groups excluding tert-OH is 1. The van der Waals surface area contributed by atoms with Crippen LogP contribution in [0.1, 0.15) is 75.7 Å². The molecule has 248 valence electrons. The van der Waals surface area contributed by atoms with Crippen molar-refractivity contribution in [1.82, 2.24) is 0 Å². The topological polar surface area (TPSA) is 91.3 Å². The first-order valence-electron chi connectivity index (χ1n) is 14.5. The van der Waals surface area contributed by atoms with Crippen molar-refractivity contribution >= 4 is 35.1 Å². The van der Waals surface area contributed by atoms with Crippen LogP contribution in [0.3, 0.4) is 0 Å². The van der Waals surface area contributed by atoms with Crippen molar-refractivity contribution < 1.29 is 42.4 Å². The van der Waals surface area contributed by atoms with Gasteiger partial charge in [0.05, 0.1) is 18.4 Å². The highest BCUT2D eigenvalue weighted by Crippen LogP contribution is 2.25. The van der Waals surface area contributed by atoms with Crippen LogP contribution in [0.25, 0.3) is 0 Å². The van der Waals surface area contributed by atoms with E-state index < -0.39 is 59.5 Å². The third kappa shape index (κ3) is 14.9. The second kappa shape index (κ2) is 17.8. The molecule has 1 N–H and O–H groups in total. The van der Waals surface area contributed by atoms with Crippen LogP contribution in [0.15, 0.2) is 36.4 Å². The second-order valence-electron chi connectivity index (χ2n) is 12.4. The third-order valence-electron chi connectivity index (χ3n) is 6.15. The zero-order valence-electron chi connectivity index (χ0n) is 27.1. The zero-order valence-corrected chi connectivity index (χ0v) is 28.6. The van der Waals surface area contributed by atoms with Crippen LogP contribution in [0.2, 0.25) is 10.0 Å². The molecule has 0 aliphatic rings. The molecular weight excluding hydrogens is 617 g/mol. The zero-order chi connectivity index (χ0) is 33.9. The minimum Gasteiger partial charge on any atom is -0.488 e. The SMILES string of the molecule is CC(C)[C@@H](O)[C@H](C)Oc1cc(F)cc(Cl)c1.CC(C)[C@@H](OC(=O)[C@H](C)CC(=O)OC(C)(C)C)[C@H](C)Oc1cc(F)cc(Cl)c1. The number of carbonyl (C=O) groups is 2. The van der Waals surface area contributed by atoms with Crippen molar-refractivity contribution in [2.45, 2.75) is 106 Å². The van der Waals surface area contributed by atoms with E-state index in [1.807, 2.05) is 27.7 Å². The van der Waals surface area contributed by atoms with Gasteiger partial charge in [-0.2, -0.15) is 0 Å². The fraction of sp³-hybridized carbons (Fsp3) is 0.576. The van der Waals surface area contributed by atoms with E-state index in [9.17, 15) is 23.5 Å². The molecule has 0 bridgehead atoms. The Morgan fingerprint density at radius 1 is 0.773 bits per heavy atom. The van der Waals surface area contributed by atoms with E-state index in [0.29, 0.717) is 5.75 Å². The molecule has 44 heavy (non-hydrogen) atoms. The lowest BCUT2D eigenvalue weighted by atomic mass is 10.0. The predicted molar refractivity (Wildman–Crippen MR) is 168 cm³/mol. The first-order chi connectivity index (χ1) is 20.2. The van der Waals surface area contributed by atoms with Crippen molar-refractivity contribution in [3.8, 4) is 11.5 Å². The Bertz CT molecular complexity index is 1180. The fourth-order valence-electron chi connectivity index (χ4n) is 4.04. The number of hydrogen-bond acceptors (Lipinski definition) is 7. The number of carbonyl (C=O) groups excluding carboxylic acids is 2. The van der Waals surface area contributed by atoms with Crippen molar-refractivity contribution in [2.75, 3.05) is 0 Å². The van der Waals surface area contributed by atoms with Crippen LogP contribution in [0.5, 0.6) is 11.5 Å². The molecular formula is C33H46Cl2F2O7. The van der Waals surface area contributed by atoms with Crippen LogP contribution in [-0.2, 0) is 19.1 Å². The van der Waals surface area contributed by atoms with Gasteiger partial charge in [0.2, 0.25) is 0 Å². The highest BCUT2D eigenvalue weighted by Gasteiger charge is 2.30. The van der Waals surface area contributed by atoms with Gasteiger partial charge in [-0.05, 0) is 70.7 Å². The molecule has 0 aliphatic carbocycles. The van der Waals surface area contributed by atoms with Gasteiger partial charge in [-0.25, -0.2) is 8.78 Å². The predicted octanol–water partition coefficient (Wildman–Crippen LogP) is 8.45. The fourth-order valence-corrected chi connectivity index (χ4v) is 4.47. The number of benzene rings is 2. The molecule has 0 radical (unpaired) electrons. The Balaban J connectivity index is 0.000000511. The van der Waals surface area contributed by atoms with E-state index in [-0.39, 0.29) is 34.1 Å². The molecule has 0 spiro atoms. The summed E-state index contributed by atoms with van der Waals surface area (Å²) in [6.45, 7) is 17.9. The molecule has 0 saturated carbocycles. The second-order valence-corrected chi connectivity index (χ2v) is 13.3. The van der Waals surface area contributed by atoms with Gasteiger partial charge in [0, 0.05) is 22.2 Å². The largest absolute Gasteiger partial charge is 0.488 e. The van der Waals surface area contributed by atoms with Gasteiger partial charge in [-0.1, -0.05) is 57.8 Å². The summed E-state index contributed by atoms with van der Waals surface area (Å²) in [4.78, 5) is 24.4. The molecule has 0 aromatic heterocycles. The van der Waals surface area contributed by atoms with Gasteiger partial charge in [0.15, 0.2) is 0 Å². The van der Waals surface area contributed by atoms with Gasteiger partial charge >= 0.3 is 11.9 Å². The molecule has 5 atom stereocenters. The lowest BCUT2D eigenvalue weighted by Gasteiger charge is -2.29. The normalized spacial score (nSPS) is 14.9. The highest BCUT2D eigenvalue weighted by molar-refractivity contribution is 6.31. The highest BCUT2D eigenvalue weighted by atomic mass is 35.5. The maximum absolute atomic E-state index is 13.5. The molecule has 7 nitrogen and oxygen atoms in total. The van der Waals surface area contributed by atoms with Crippen LogP contribution >= 0.6 is 23.2 Å². The molecule has 0 amide bonds. The summed E-state index contributed by atoms with van der Waals surface area (Å²) in [6, 6.07) is 7.86. The monoisotopic (exact) mass is 662 g/mol. The molecule has 2 rings (SSSR count). The average Bonchev–Trinajstić information content (AvgIpc) is 2.84.